The molecule has 126 valence electrons. The van der Waals surface area contributed by atoms with Crippen LogP contribution in [-0.4, -0.2) is 29.2 Å². The molecule has 5 nitrogen and oxygen atoms in total. The quantitative estimate of drug-likeness (QED) is 0.854. The summed E-state index contributed by atoms with van der Waals surface area (Å²) in [6, 6.07) is 13.0. The first-order chi connectivity index (χ1) is 11.7. The summed E-state index contributed by atoms with van der Waals surface area (Å²) >= 11 is 0. The van der Waals surface area contributed by atoms with E-state index in [-0.39, 0.29) is 30.4 Å². The van der Waals surface area contributed by atoms with E-state index in [1.165, 1.54) is 0 Å². The molecule has 24 heavy (non-hydrogen) atoms. The fourth-order valence-electron chi connectivity index (χ4n) is 3.14. The number of pyridine rings is 1. The lowest BCUT2D eigenvalue weighted by Gasteiger charge is -2.37. The zero-order valence-electron chi connectivity index (χ0n) is 13.7. The van der Waals surface area contributed by atoms with Gasteiger partial charge in [-0.25, -0.2) is 0 Å². The number of aromatic nitrogens is 1. The Balaban J connectivity index is 1.71. The lowest BCUT2D eigenvalue weighted by atomic mass is 9.76. The predicted molar refractivity (Wildman–Crippen MR) is 90.5 cm³/mol. The predicted octanol–water partition coefficient (Wildman–Crippen LogP) is 2.26. The molecule has 0 aliphatic heterocycles. The van der Waals surface area contributed by atoms with Crippen LogP contribution in [0.4, 0.5) is 0 Å². The van der Waals surface area contributed by atoms with Gasteiger partial charge in [-0.1, -0.05) is 24.3 Å². The van der Waals surface area contributed by atoms with E-state index in [1.807, 2.05) is 42.5 Å². The number of nitrogens with one attached hydrogen (secondary N) is 1. The van der Waals surface area contributed by atoms with Gasteiger partial charge in [0.1, 0.15) is 5.75 Å². The summed E-state index contributed by atoms with van der Waals surface area (Å²) in [6.45, 7) is 0. The van der Waals surface area contributed by atoms with E-state index in [0.717, 1.165) is 11.3 Å². The summed E-state index contributed by atoms with van der Waals surface area (Å²) in [5.74, 6) is 0.856. The molecule has 0 saturated heterocycles. The number of nitrogens with zero attached hydrogens (tertiary/aromatic N) is 1. The number of amides is 1. The molecule has 3 rings (SSSR count). The molecule has 0 unspecified atom stereocenters. The largest absolute Gasteiger partial charge is 0.496 e. The standard InChI is InChI=1S/C19H22N2O3/c1-24-17-8-3-2-6-13(17)12-18(23)21-19(14-10-15(22)11-14)16-7-4-5-9-20-16/h2-9,14-15,19,22H,10-12H2,1H3,(H,21,23)/t14?,15?,19-/m0/s1. The van der Waals surface area contributed by atoms with Gasteiger partial charge in [-0.3, -0.25) is 9.78 Å². The van der Waals surface area contributed by atoms with Crippen molar-refractivity contribution in [2.75, 3.05) is 7.11 Å². The van der Waals surface area contributed by atoms with E-state index < -0.39 is 0 Å². The Bertz CT molecular complexity index is 684. The topological polar surface area (TPSA) is 71.5 Å². The molecule has 2 N–H and O–H groups in total. The maximum Gasteiger partial charge on any atom is 0.225 e. The monoisotopic (exact) mass is 326 g/mol. The number of rotatable bonds is 6. The molecule has 1 aliphatic rings. The molecule has 0 bridgehead atoms. The third-order valence-corrected chi connectivity index (χ3v) is 4.49. The number of hydrogen-bond acceptors (Lipinski definition) is 4. The van der Waals surface area contributed by atoms with Crippen LogP contribution in [0, 0.1) is 5.92 Å². The first-order valence-corrected chi connectivity index (χ1v) is 8.17. The Morgan fingerprint density at radius 1 is 1.29 bits per heavy atom. The highest BCUT2D eigenvalue weighted by atomic mass is 16.5. The van der Waals surface area contributed by atoms with Crippen molar-refractivity contribution in [3.8, 4) is 5.75 Å². The van der Waals surface area contributed by atoms with Crippen LogP contribution in [0.5, 0.6) is 5.75 Å². The first-order valence-electron chi connectivity index (χ1n) is 8.17. The van der Waals surface area contributed by atoms with Crippen LogP contribution in [0.1, 0.15) is 30.1 Å². The van der Waals surface area contributed by atoms with E-state index in [4.69, 9.17) is 4.74 Å². The molecular formula is C19H22N2O3. The molecule has 1 heterocycles. The summed E-state index contributed by atoms with van der Waals surface area (Å²) in [7, 11) is 1.60. The van der Waals surface area contributed by atoms with Crippen LogP contribution in [0.2, 0.25) is 0 Å². The molecule has 1 amide bonds. The lowest BCUT2D eigenvalue weighted by molar-refractivity contribution is -0.122. The van der Waals surface area contributed by atoms with Crippen molar-refractivity contribution in [1.29, 1.82) is 0 Å². The smallest absolute Gasteiger partial charge is 0.225 e. The maximum absolute atomic E-state index is 12.5. The van der Waals surface area contributed by atoms with E-state index in [2.05, 4.69) is 10.3 Å². The van der Waals surface area contributed by atoms with Crippen molar-refractivity contribution in [3.05, 3.63) is 59.9 Å². The second kappa shape index (κ2) is 7.45. The number of methoxy groups -OCH3 is 1. The lowest BCUT2D eigenvalue weighted by Crippen LogP contribution is -2.42. The van der Waals surface area contributed by atoms with Crippen LogP contribution in [0.3, 0.4) is 0 Å². The number of benzene rings is 1. The SMILES string of the molecule is COc1ccccc1CC(=O)N[C@H](c1ccccn1)C1CC(O)C1. The molecular weight excluding hydrogens is 304 g/mol. The number of ether oxygens (including phenoxy) is 1. The number of aliphatic hydroxyl groups is 1. The zero-order valence-corrected chi connectivity index (χ0v) is 13.7. The highest BCUT2D eigenvalue weighted by Gasteiger charge is 2.36. The third kappa shape index (κ3) is 3.74. The van der Waals surface area contributed by atoms with Gasteiger partial charge < -0.3 is 15.2 Å². The number of hydrogen-bond donors (Lipinski definition) is 2. The second-order valence-corrected chi connectivity index (χ2v) is 6.17. The highest BCUT2D eigenvalue weighted by Crippen LogP contribution is 2.37. The normalized spacial score (nSPS) is 20.8. The van der Waals surface area contributed by atoms with Gasteiger partial charge >= 0.3 is 0 Å². The molecule has 1 fully saturated rings. The summed E-state index contributed by atoms with van der Waals surface area (Å²) in [4.78, 5) is 16.9. The van der Waals surface area contributed by atoms with Crippen LogP contribution in [0.25, 0.3) is 0 Å². The summed E-state index contributed by atoms with van der Waals surface area (Å²) in [5, 5.41) is 12.7. The number of carbonyl (C=O) groups is 1. The Morgan fingerprint density at radius 3 is 2.71 bits per heavy atom. The molecule has 1 atom stereocenters. The van der Waals surface area contributed by atoms with Gasteiger partial charge in [-0.2, -0.15) is 0 Å². The van der Waals surface area contributed by atoms with Crippen molar-refractivity contribution >= 4 is 5.91 Å². The van der Waals surface area contributed by atoms with Gasteiger partial charge in [0.15, 0.2) is 0 Å². The van der Waals surface area contributed by atoms with E-state index in [9.17, 15) is 9.90 Å². The van der Waals surface area contributed by atoms with E-state index in [0.29, 0.717) is 18.6 Å². The molecule has 0 spiro atoms. The first kappa shape index (κ1) is 16.5. The molecule has 0 radical (unpaired) electrons. The average Bonchev–Trinajstić information content (AvgIpc) is 2.58. The van der Waals surface area contributed by atoms with Crippen molar-refractivity contribution in [1.82, 2.24) is 10.3 Å². The van der Waals surface area contributed by atoms with Gasteiger partial charge in [0.2, 0.25) is 5.91 Å². The Kier molecular flexibility index (Phi) is 5.11. The van der Waals surface area contributed by atoms with Gasteiger partial charge in [0.05, 0.1) is 31.4 Å². The molecule has 1 aromatic carbocycles. The minimum Gasteiger partial charge on any atom is -0.496 e. The van der Waals surface area contributed by atoms with Crippen LogP contribution < -0.4 is 10.1 Å². The number of carbonyl (C=O) groups excluding carboxylic acids is 1. The van der Waals surface area contributed by atoms with Crippen molar-refractivity contribution in [2.45, 2.75) is 31.4 Å². The van der Waals surface area contributed by atoms with Crippen molar-refractivity contribution in [2.24, 2.45) is 5.92 Å². The van der Waals surface area contributed by atoms with Crippen LogP contribution in [-0.2, 0) is 11.2 Å². The molecule has 2 aromatic rings. The zero-order chi connectivity index (χ0) is 16.9. The Morgan fingerprint density at radius 2 is 2.04 bits per heavy atom. The van der Waals surface area contributed by atoms with Gasteiger partial charge in [0.25, 0.3) is 0 Å². The second-order valence-electron chi connectivity index (χ2n) is 6.17. The minimum absolute atomic E-state index is 0.0726. The van der Waals surface area contributed by atoms with E-state index >= 15 is 0 Å². The molecule has 1 aromatic heterocycles. The summed E-state index contributed by atoms with van der Waals surface area (Å²) < 4.78 is 5.30. The summed E-state index contributed by atoms with van der Waals surface area (Å²) in [5.41, 5.74) is 1.69. The van der Waals surface area contributed by atoms with Gasteiger partial charge in [-0.05, 0) is 37.0 Å². The van der Waals surface area contributed by atoms with Crippen LogP contribution in [0.15, 0.2) is 48.7 Å². The Hall–Kier alpha value is -2.40. The van der Waals surface area contributed by atoms with Gasteiger partial charge in [-0.15, -0.1) is 0 Å². The number of aliphatic hydroxyl groups excluding tert-OH is 1. The van der Waals surface area contributed by atoms with Crippen LogP contribution >= 0.6 is 0 Å². The Labute approximate surface area is 141 Å². The molecule has 5 heteroatoms. The highest BCUT2D eigenvalue weighted by molar-refractivity contribution is 5.79. The molecule has 1 saturated carbocycles. The minimum atomic E-state index is -0.271. The van der Waals surface area contributed by atoms with Crippen molar-refractivity contribution < 1.29 is 14.6 Å². The number of para-hydroxylation sites is 1. The fourth-order valence-corrected chi connectivity index (χ4v) is 3.14. The van der Waals surface area contributed by atoms with E-state index in [1.54, 1.807) is 13.3 Å². The van der Waals surface area contributed by atoms with Crippen molar-refractivity contribution in [3.63, 3.8) is 0 Å². The summed E-state index contributed by atoms with van der Waals surface area (Å²) in [6.07, 6.45) is 3.09. The molecule has 1 aliphatic carbocycles. The fraction of sp³-hybridized carbons (Fsp3) is 0.368. The van der Waals surface area contributed by atoms with Gasteiger partial charge in [0, 0.05) is 11.8 Å². The average molecular weight is 326 g/mol. The third-order valence-electron chi connectivity index (χ3n) is 4.49. The maximum atomic E-state index is 12.5.